The molecule has 4 nitrogen and oxygen atoms in total. The van der Waals surface area contributed by atoms with Gasteiger partial charge in [0.1, 0.15) is 0 Å². The molecule has 0 aliphatic carbocycles. The minimum atomic E-state index is -0.0229. The monoisotopic (exact) mass is 226 g/mol. The molecule has 0 saturated heterocycles. The maximum Gasteiger partial charge on any atom is 0.224 e. The lowest BCUT2D eigenvalue weighted by Crippen LogP contribution is -2.08. The third kappa shape index (κ3) is 3.71. The van der Waals surface area contributed by atoms with Gasteiger partial charge in [0, 0.05) is 12.8 Å². The molecule has 5 heteroatoms. The molecule has 0 radical (unpaired) electrons. The number of carbonyl (C=O) groups is 2. The van der Waals surface area contributed by atoms with Crippen LogP contribution in [0.5, 0.6) is 0 Å². The molecule has 0 aromatic carbocycles. The Morgan fingerprint density at radius 2 is 1.47 bits per heavy atom. The third-order valence-electron chi connectivity index (χ3n) is 1.77. The molecule has 0 aliphatic rings. The van der Waals surface area contributed by atoms with Crippen molar-refractivity contribution >= 4 is 33.2 Å². The predicted molar refractivity (Wildman–Crippen MR) is 62.2 cm³/mol. The topological polar surface area (TPSA) is 58.2 Å². The van der Waals surface area contributed by atoms with Crippen molar-refractivity contribution < 1.29 is 9.59 Å². The first-order valence-corrected chi connectivity index (χ1v) is 5.66. The molecule has 0 spiro atoms. The van der Waals surface area contributed by atoms with Crippen LogP contribution in [0.1, 0.15) is 26.7 Å². The number of anilines is 2. The van der Waals surface area contributed by atoms with E-state index in [9.17, 15) is 9.59 Å². The molecule has 2 amide bonds. The van der Waals surface area contributed by atoms with Gasteiger partial charge in [-0.15, -0.1) is 11.3 Å². The lowest BCUT2D eigenvalue weighted by Gasteiger charge is -1.99. The van der Waals surface area contributed by atoms with E-state index in [4.69, 9.17) is 0 Å². The van der Waals surface area contributed by atoms with Crippen LogP contribution in [-0.4, -0.2) is 11.8 Å². The second-order valence-electron chi connectivity index (χ2n) is 2.97. The number of hydrogen-bond acceptors (Lipinski definition) is 3. The SMILES string of the molecule is CCC(=O)Nc1ccc(NC(=O)CC)s1. The van der Waals surface area contributed by atoms with Gasteiger partial charge < -0.3 is 10.6 Å². The zero-order chi connectivity index (χ0) is 11.3. The normalized spacial score (nSPS) is 9.73. The van der Waals surface area contributed by atoms with Gasteiger partial charge in [0.05, 0.1) is 10.0 Å². The summed E-state index contributed by atoms with van der Waals surface area (Å²) in [7, 11) is 0. The van der Waals surface area contributed by atoms with Crippen LogP contribution in [0, 0.1) is 0 Å². The van der Waals surface area contributed by atoms with Crippen molar-refractivity contribution in [1.82, 2.24) is 0 Å². The number of carbonyl (C=O) groups excluding carboxylic acids is 2. The largest absolute Gasteiger partial charge is 0.318 e. The smallest absolute Gasteiger partial charge is 0.224 e. The lowest BCUT2D eigenvalue weighted by molar-refractivity contribution is -0.116. The summed E-state index contributed by atoms with van der Waals surface area (Å²) in [6.07, 6.45) is 0.906. The summed E-state index contributed by atoms with van der Waals surface area (Å²) in [6, 6.07) is 3.56. The van der Waals surface area contributed by atoms with Crippen molar-refractivity contribution in [1.29, 1.82) is 0 Å². The van der Waals surface area contributed by atoms with Gasteiger partial charge in [0.15, 0.2) is 0 Å². The van der Waals surface area contributed by atoms with Crippen molar-refractivity contribution in [3.8, 4) is 0 Å². The number of hydrogen-bond donors (Lipinski definition) is 2. The Bertz CT molecular complexity index is 328. The maximum absolute atomic E-state index is 11.1. The first-order valence-electron chi connectivity index (χ1n) is 4.85. The highest BCUT2D eigenvalue weighted by atomic mass is 32.1. The Morgan fingerprint density at radius 3 is 1.80 bits per heavy atom. The number of nitrogens with one attached hydrogen (secondary N) is 2. The fourth-order valence-corrected chi connectivity index (χ4v) is 1.76. The van der Waals surface area contributed by atoms with E-state index in [2.05, 4.69) is 10.6 Å². The quantitative estimate of drug-likeness (QED) is 0.828. The van der Waals surface area contributed by atoms with E-state index < -0.39 is 0 Å². The molecule has 0 unspecified atom stereocenters. The molecule has 1 heterocycles. The van der Waals surface area contributed by atoms with E-state index in [1.165, 1.54) is 11.3 Å². The van der Waals surface area contributed by atoms with Crippen LogP contribution in [0.3, 0.4) is 0 Å². The average Bonchev–Trinajstić information content (AvgIpc) is 2.65. The molecule has 0 bridgehead atoms. The minimum Gasteiger partial charge on any atom is -0.318 e. The summed E-state index contributed by atoms with van der Waals surface area (Å²) < 4.78 is 0. The highest BCUT2D eigenvalue weighted by molar-refractivity contribution is 7.20. The zero-order valence-corrected chi connectivity index (χ0v) is 9.61. The van der Waals surface area contributed by atoms with Crippen molar-refractivity contribution in [3.63, 3.8) is 0 Å². The Balaban J connectivity index is 2.56. The van der Waals surface area contributed by atoms with Gasteiger partial charge in [-0.25, -0.2) is 0 Å². The molecule has 15 heavy (non-hydrogen) atoms. The first kappa shape index (κ1) is 11.7. The Hall–Kier alpha value is -1.36. The van der Waals surface area contributed by atoms with Crippen molar-refractivity contribution in [2.24, 2.45) is 0 Å². The molecule has 82 valence electrons. The summed E-state index contributed by atoms with van der Waals surface area (Å²) in [4.78, 5) is 22.2. The van der Waals surface area contributed by atoms with Crippen molar-refractivity contribution in [2.75, 3.05) is 10.6 Å². The summed E-state index contributed by atoms with van der Waals surface area (Å²) in [6.45, 7) is 3.59. The van der Waals surface area contributed by atoms with Crippen LogP contribution in [0.15, 0.2) is 12.1 Å². The number of rotatable bonds is 4. The molecule has 1 aromatic rings. The number of amides is 2. The van der Waals surface area contributed by atoms with Gasteiger partial charge in [-0.3, -0.25) is 9.59 Å². The van der Waals surface area contributed by atoms with Crippen molar-refractivity contribution in [3.05, 3.63) is 12.1 Å². The van der Waals surface area contributed by atoms with E-state index in [0.717, 1.165) is 10.0 Å². The van der Waals surface area contributed by atoms with Gasteiger partial charge in [0.2, 0.25) is 11.8 Å². The third-order valence-corrected chi connectivity index (χ3v) is 2.69. The molecule has 0 saturated carbocycles. The van der Waals surface area contributed by atoms with E-state index in [-0.39, 0.29) is 11.8 Å². The van der Waals surface area contributed by atoms with E-state index >= 15 is 0 Å². The summed E-state index contributed by atoms with van der Waals surface area (Å²) in [5, 5.41) is 6.98. The van der Waals surface area contributed by atoms with E-state index in [1.54, 1.807) is 26.0 Å². The van der Waals surface area contributed by atoms with Gasteiger partial charge in [0.25, 0.3) is 0 Å². The van der Waals surface area contributed by atoms with Crippen LogP contribution in [0.4, 0.5) is 10.0 Å². The summed E-state index contributed by atoms with van der Waals surface area (Å²) in [5.74, 6) is -0.0459. The van der Waals surface area contributed by atoms with E-state index in [0.29, 0.717) is 12.8 Å². The highest BCUT2D eigenvalue weighted by Gasteiger charge is 2.04. The van der Waals surface area contributed by atoms with Gasteiger partial charge in [-0.2, -0.15) is 0 Å². The van der Waals surface area contributed by atoms with Crippen LogP contribution in [0.25, 0.3) is 0 Å². The second kappa shape index (κ2) is 5.50. The maximum atomic E-state index is 11.1. The second-order valence-corrected chi connectivity index (χ2v) is 4.05. The Labute approximate surface area is 92.7 Å². The predicted octanol–water partition coefficient (Wildman–Crippen LogP) is 2.45. The summed E-state index contributed by atoms with van der Waals surface area (Å²) >= 11 is 1.36. The fraction of sp³-hybridized carbons (Fsp3) is 0.400. The molecule has 2 N–H and O–H groups in total. The van der Waals surface area contributed by atoms with Crippen LogP contribution in [0.2, 0.25) is 0 Å². The zero-order valence-electron chi connectivity index (χ0n) is 8.79. The summed E-state index contributed by atoms with van der Waals surface area (Å²) in [5.41, 5.74) is 0. The molecule has 1 aromatic heterocycles. The number of thiophene rings is 1. The van der Waals surface area contributed by atoms with Crippen molar-refractivity contribution in [2.45, 2.75) is 26.7 Å². The molecule has 0 fully saturated rings. The molecular weight excluding hydrogens is 212 g/mol. The fourth-order valence-electron chi connectivity index (χ4n) is 0.924. The van der Waals surface area contributed by atoms with Gasteiger partial charge >= 0.3 is 0 Å². The highest BCUT2D eigenvalue weighted by Crippen LogP contribution is 2.26. The Morgan fingerprint density at radius 1 is 1.07 bits per heavy atom. The molecule has 0 aliphatic heterocycles. The van der Waals surface area contributed by atoms with Crippen LogP contribution in [-0.2, 0) is 9.59 Å². The first-order chi connectivity index (χ1) is 7.15. The van der Waals surface area contributed by atoms with Crippen LogP contribution >= 0.6 is 11.3 Å². The Kier molecular flexibility index (Phi) is 4.30. The lowest BCUT2D eigenvalue weighted by atomic mass is 10.4. The molecular formula is C10H14N2O2S. The van der Waals surface area contributed by atoms with Gasteiger partial charge in [-0.05, 0) is 12.1 Å². The van der Waals surface area contributed by atoms with E-state index in [1.807, 2.05) is 0 Å². The average molecular weight is 226 g/mol. The van der Waals surface area contributed by atoms with Gasteiger partial charge in [-0.1, -0.05) is 13.8 Å². The molecule has 0 atom stereocenters. The molecule has 1 rings (SSSR count). The standard InChI is InChI=1S/C10H14N2O2S/c1-3-7(13)11-9-5-6-10(15-9)12-8(14)4-2/h5-6H,3-4H2,1-2H3,(H,11,13)(H,12,14). The minimum absolute atomic E-state index is 0.0229. The van der Waals surface area contributed by atoms with Crippen LogP contribution < -0.4 is 10.6 Å².